The maximum atomic E-state index is 12.2. The van der Waals surface area contributed by atoms with Crippen LogP contribution in [0.2, 0.25) is 0 Å². The van der Waals surface area contributed by atoms with Crippen molar-refractivity contribution in [2.24, 2.45) is 0 Å². The number of nitrogens with one attached hydrogen (secondary N) is 1. The van der Waals surface area contributed by atoms with Crippen molar-refractivity contribution in [2.45, 2.75) is 31.9 Å². The third-order valence-electron chi connectivity index (χ3n) is 4.46. The number of para-hydroxylation sites is 1. The van der Waals surface area contributed by atoms with Gasteiger partial charge in [-0.2, -0.15) is 0 Å². The fourth-order valence-electron chi connectivity index (χ4n) is 3.24. The standard InChI is InChI=1S/C22H27NO7/c1-6-12-27-21(24)29-19-14(3)23-15(4)20(30-22(25)28-13-7-2)18(19)16-10-8-9-11-17(16)26-5/h6-11,14,18-19,23H,1-2,12-13H2,3-5H3. The highest BCUT2D eigenvalue weighted by Crippen LogP contribution is 2.41. The summed E-state index contributed by atoms with van der Waals surface area (Å²) in [6.45, 7) is 10.6. The van der Waals surface area contributed by atoms with Crippen molar-refractivity contribution < 1.29 is 33.3 Å². The summed E-state index contributed by atoms with van der Waals surface area (Å²) in [6.07, 6.45) is 0.359. The van der Waals surface area contributed by atoms with E-state index in [2.05, 4.69) is 18.5 Å². The molecule has 0 amide bonds. The van der Waals surface area contributed by atoms with Crippen molar-refractivity contribution in [3.8, 4) is 5.75 Å². The number of carbonyl (C=O) groups is 2. The van der Waals surface area contributed by atoms with Crippen molar-refractivity contribution in [3.63, 3.8) is 0 Å². The molecule has 8 nitrogen and oxygen atoms in total. The van der Waals surface area contributed by atoms with Crippen LogP contribution in [-0.2, 0) is 18.9 Å². The molecule has 0 aromatic heterocycles. The molecule has 3 unspecified atom stereocenters. The minimum absolute atomic E-state index is 0.00211. The zero-order valence-corrected chi connectivity index (χ0v) is 17.4. The molecule has 0 fully saturated rings. The van der Waals surface area contributed by atoms with Crippen molar-refractivity contribution >= 4 is 12.3 Å². The number of methoxy groups -OCH3 is 1. The highest BCUT2D eigenvalue weighted by molar-refractivity contribution is 5.63. The van der Waals surface area contributed by atoms with Gasteiger partial charge in [-0.25, -0.2) is 9.59 Å². The predicted octanol–water partition coefficient (Wildman–Crippen LogP) is 4.05. The molecule has 0 bridgehead atoms. The molecule has 0 radical (unpaired) electrons. The maximum Gasteiger partial charge on any atom is 0.513 e. The molecule has 1 aliphatic heterocycles. The van der Waals surface area contributed by atoms with Gasteiger partial charge >= 0.3 is 12.3 Å². The minimum atomic E-state index is -0.895. The Morgan fingerprint density at radius 2 is 1.73 bits per heavy atom. The molecule has 162 valence electrons. The van der Waals surface area contributed by atoms with Crippen molar-refractivity contribution in [1.29, 1.82) is 0 Å². The average Bonchev–Trinajstić information content (AvgIpc) is 2.74. The van der Waals surface area contributed by atoms with Crippen molar-refractivity contribution in [2.75, 3.05) is 20.3 Å². The second kappa shape index (κ2) is 10.9. The summed E-state index contributed by atoms with van der Waals surface area (Å²) in [5, 5.41) is 3.17. The van der Waals surface area contributed by atoms with Crippen molar-refractivity contribution in [1.82, 2.24) is 5.32 Å². The van der Waals surface area contributed by atoms with E-state index in [0.717, 1.165) is 0 Å². The number of rotatable bonds is 8. The first-order valence-corrected chi connectivity index (χ1v) is 9.42. The van der Waals surface area contributed by atoms with Crippen LogP contribution in [0.3, 0.4) is 0 Å². The van der Waals surface area contributed by atoms with Gasteiger partial charge in [0.1, 0.15) is 30.8 Å². The van der Waals surface area contributed by atoms with Gasteiger partial charge in [0, 0.05) is 11.3 Å². The Morgan fingerprint density at radius 3 is 2.37 bits per heavy atom. The molecule has 1 heterocycles. The zero-order valence-electron chi connectivity index (χ0n) is 17.4. The summed E-state index contributed by atoms with van der Waals surface area (Å²) in [5.74, 6) is 0.163. The Labute approximate surface area is 176 Å². The van der Waals surface area contributed by atoms with E-state index in [4.69, 9.17) is 23.7 Å². The summed E-state index contributed by atoms with van der Waals surface area (Å²) in [4.78, 5) is 24.4. The average molecular weight is 417 g/mol. The minimum Gasteiger partial charge on any atom is -0.496 e. The Morgan fingerprint density at radius 1 is 1.10 bits per heavy atom. The molecule has 0 aliphatic carbocycles. The van der Waals surface area contributed by atoms with Gasteiger partial charge in [-0.15, -0.1) is 0 Å². The van der Waals surface area contributed by atoms with Crippen LogP contribution in [0.5, 0.6) is 5.75 Å². The monoisotopic (exact) mass is 417 g/mol. The van der Waals surface area contributed by atoms with E-state index in [1.165, 1.54) is 19.3 Å². The molecule has 1 aromatic rings. The molecule has 2 rings (SSSR count). The molecule has 1 N–H and O–H groups in total. The van der Waals surface area contributed by atoms with Crippen LogP contribution in [0, 0.1) is 0 Å². The molecular formula is C22H27NO7. The lowest BCUT2D eigenvalue weighted by molar-refractivity contribution is -0.00229. The molecule has 0 saturated heterocycles. The Bertz CT molecular complexity index is 817. The summed E-state index contributed by atoms with van der Waals surface area (Å²) >= 11 is 0. The lowest BCUT2D eigenvalue weighted by Gasteiger charge is -2.38. The lowest BCUT2D eigenvalue weighted by Crippen LogP contribution is -2.48. The number of hydrogen-bond acceptors (Lipinski definition) is 8. The van der Waals surface area contributed by atoms with Gasteiger partial charge in [-0.3, -0.25) is 0 Å². The van der Waals surface area contributed by atoms with E-state index >= 15 is 0 Å². The summed E-state index contributed by atoms with van der Waals surface area (Å²) in [7, 11) is 1.53. The summed E-state index contributed by atoms with van der Waals surface area (Å²) < 4.78 is 26.6. The van der Waals surface area contributed by atoms with Crippen LogP contribution < -0.4 is 10.1 Å². The van der Waals surface area contributed by atoms with Gasteiger partial charge in [0.2, 0.25) is 0 Å². The largest absolute Gasteiger partial charge is 0.513 e. The third kappa shape index (κ3) is 5.56. The molecule has 1 aliphatic rings. The number of ether oxygens (including phenoxy) is 5. The van der Waals surface area contributed by atoms with E-state index in [1.54, 1.807) is 13.0 Å². The topological polar surface area (TPSA) is 92.3 Å². The number of hydrogen-bond donors (Lipinski definition) is 1. The highest BCUT2D eigenvalue weighted by atomic mass is 16.7. The van der Waals surface area contributed by atoms with Gasteiger partial charge in [0.05, 0.1) is 19.1 Å². The highest BCUT2D eigenvalue weighted by Gasteiger charge is 2.43. The van der Waals surface area contributed by atoms with E-state index in [1.807, 2.05) is 25.1 Å². The Balaban J connectivity index is 2.47. The maximum absolute atomic E-state index is 12.2. The molecule has 0 spiro atoms. The number of allylic oxidation sites excluding steroid dienone is 1. The van der Waals surface area contributed by atoms with Crippen LogP contribution in [0.4, 0.5) is 9.59 Å². The first kappa shape index (κ1) is 22.9. The Hall–Kier alpha value is -3.42. The SMILES string of the molecule is C=CCOC(=O)OC1=C(C)NC(C)C(OC(=O)OCC=C)C1c1ccccc1OC. The fourth-order valence-corrected chi connectivity index (χ4v) is 3.24. The predicted molar refractivity (Wildman–Crippen MR) is 110 cm³/mol. The van der Waals surface area contributed by atoms with E-state index in [0.29, 0.717) is 17.0 Å². The van der Waals surface area contributed by atoms with Crippen LogP contribution in [-0.4, -0.2) is 44.8 Å². The smallest absolute Gasteiger partial charge is 0.496 e. The van der Waals surface area contributed by atoms with Gasteiger partial charge in [0.25, 0.3) is 0 Å². The van der Waals surface area contributed by atoms with Crippen molar-refractivity contribution in [3.05, 3.63) is 66.6 Å². The number of benzene rings is 1. The second-order valence-corrected chi connectivity index (χ2v) is 6.53. The molecule has 1 aromatic carbocycles. The normalized spacial score (nSPS) is 20.4. The molecular weight excluding hydrogens is 390 g/mol. The lowest BCUT2D eigenvalue weighted by atomic mass is 9.84. The molecule has 3 atom stereocenters. The van der Waals surface area contributed by atoms with E-state index in [9.17, 15) is 9.59 Å². The van der Waals surface area contributed by atoms with E-state index in [-0.39, 0.29) is 25.0 Å². The number of carbonyl (C=O) groups excluding carboxylic acids is 2. The van der Waals surface area contributed by atoms with Crippen LogP contribution >= 0.6 is 0 Å². The molecule has 8 heteroatoms. The molecule has 0 saturated carbocycles. The van der Waals surface area contributed by atoms with E-state index < -0.39 is 24.3 Å². The first-order valence-electron chi connectivity index (χ1n) is 9.42. The third-order valence-corrected chi connectivity index (χ3v) is 4.46. The van der Waals surface area contributed by atoms with Gasteiger partial charge < -0.3 is 29.0 Å². The Kier molecular flexibility index (Phi) is 8.34. The summed E-state index contributed by atoms with van der Waals surface area (Å²) in [6, 6.07) is 6.92. The molecule has 30 heavy (non-hydrogen) atoms. The first-order chi connectivity index (χ1) is 14.4. The van der Waals surface area contributed by atoms with Crippen LogP contribution in [0.25, 0.3) is 0 Å². The van der Waals surface area contributed by atoms with Gasteiger partial charge in [-0.1, -0.05) is 43.5 Å². The van der Waals surface area contributed by atoms with Gasteiger partial charge in [0.15, 0.2) is 0 Å². The zero-order chi connectivity index (χ0) is 22.1. The van der Waals surface area contributed by atoms with Gasteiger partial charge in [-0.05, 0) is 19.9 Å². The second-order valence-electron chi connectivity index (χ2n) is 6.53. The van der Waals surface area contributed by atoms with Crippen LogP contribution in [0.1, 0.15) is 25.3 Å². The summed E-state index contributed by atoms with van der Waals surface area (Å²) in [5.41, 5.74) is 1.29. The quantitative estimate of drug-likeness (QED) is 0.500. The fraction of sp³-hybridized carbons (Fsp3) is 0.364. The van der Waals surface area contributed by atoms with Crippen LogP contribution in [0.15, 0.2) is 61.0 Å².